The molecule has 0 aromatic rings. The number of aliphatic hydroxyl groups is 1. The van der Waals surface area contributed by atoms with Gasteiger partial charge in [-0.05, 0) is 0 Å². The molecule has 0 heterocycles. The van der Waals surface area contributed by atoms with Crippen LogP contribution < -0.4 is 29.6 Å². The zero-order valence-electron chi connectivity index (χ0n) is 8.08. The molecule has 9 heteroatoms. The van der Waals surface area contributed by atoms with Crippen LogP contribution in [0.3, 0.4) is 0 Å². The van der Waals surface area contributed by atoms with Crippen LogP contribution >= 0.6 is 0 Å². The van der Waals surface area contributed by atoms with E-state index >= 15 is 0 Å². The molecule has 0 radical (unpaired) electrons. The topological polar surface area (TPSA) is 141 Å². The van der Waals surface area contributed by atoms with Gasteiger partial charge in [-0.25, -0.2) is 14.4 Å². The van der Waals surface area contributed by atoms with Crippen molar-refractivity contribution in [2.24, 2.45) is 0 Å². The largest absolute Gasteiger partial charge is 1.00 e. The van der Waals surface area contributed by atoms with E-state index in [1.54, 1.807) is 0 Å². The number of carboxylic acid groups (broad SMARTS) is 3. The van der Waals surface area contributed by atoms with Crippen molar-refractivity contribution < 1.29 is 70.5 Å². The Bertz CT molecular complexity index is 243. The second kappa shape index (κ2) is 6.60. The molecular formula is C5H7NaO8. The summed E-state index contributed by atoms with van der Waals surface area (Å²) in [7, 11) is 0. The van der Waals surface area contributed by atoms with Gasteiger partial charge in [0.2, 0.25) is 6.10 Å². The Morgan fingerprint density at radius 2 is 1.50 bits per heavy atom. The number of rotatable bonds is 4. The smallest absolute Gasteiger partial charge is 1.00 e. The summed E-state index contributed by atoms with van der Waals surface area (Å²) < 4.78 is 3.62. The molecule has 4 N–H and O–H groups in total. The maximum atomic E-state index is 10.2. The van der Waals surface area contributed by atoms with Gasteiger partial charge in [0.1, 0.15) is 0 Å². The summed E-state index contributed by atoms with van der Waals surface area (Å²) in [4.78, 5) is 30.1. The Hall–Kier alpha value is -0.830. The summed E-state index contributed by atoms with van der Waals surface area (Å²) >= 11 is 0. The van der Waals surface area contributed by atoms with Crippen LogP contribution in [0.25, 0.3) is 0 Å². The average molecular weight is 218 g/mol. The van der Waals surface area contributed by atoms with Gasteiger partial charge in [0.15, 0.2) is 6.10 Å². The second-order valence-electron chi connectivity index (χ2n) is 1.93. The molecular weight excluding hydrogens is 211 g/mol. The summed E-state index contributed by atoms with van der Waals surface area (Å²) in [6.45, 7) is 0. The van der Waals surface area contributed by atoms with Crippen molar-refractivity contribution in [2.45, 2.75) is 12.2 Å². The molecule has 0 saturated carbocycles. The Labute approximate surface area is 101 Å². The summed E-state index contributed by atoms with van der Waals surface area (Å²) in [6.07, 6.45) is -6.73. The number of hydrogen-bond acceptors (Lipinski definition) is 5. The number of aliphatic hydroxyl groups excluding tert-OH is 1. The van der Waals surface area contributed by atoms with Crippen molar-refractivity contribution in [3.05, 3.63) is 0 Å². The van der Waals surface area contributed by atoms with E-state index in [0.717, 1.165) is 0 Å². The molecule has 0 rings (SSSR count). The van der Waals surface area contributed by atoms with Gasteiger partial charge in [-0.3, -0.25) is 0 Å². The quantitative estimate of drug-likeness (QED) is 0.274. The number of ether oxygens (including phenoxy) is 1. The fourth-order valence-corrected chi connectivity index (χ4v) is 0.488. The van der Waals surface area contributed by atoms with Crippen molar-refractivity contribution in [2.75, 3.05) is 0 Å². The molecule has 0 aromatic carbocycles. The maximum absolute atomic E-state index is 10.2. The fraction of sp³-hybridized carbons (Fsp3) is 0.400. The SMILES string of the molecule is O=C(O)OC(C(=O)O)C(O)C(=O)O.[H-].[Na+]. The molecule has 0 fully saturated rings. The molecule has 8 nitrogen and oxygen atoms in total. The Morgan fingerprint density at radius 1 is 1.07 bits per heavy atom. The summed E-state index contributed by atoms with van der Waals surface area (Å²) in [5.41, 5.74) is 0. The first kappa shape index (κ1) is 15.6. The molecule has 0 bridgehead atoms. The monoisotopic (exact) mass is 218 g/mol. The first-order valence-electron chi connectivity index (χ1n) is 2.89. The summed E-state index contributed by atoms with van der Waals surface area (Å²) in [6, 6.07) is 0. The van der Waals surface area contributed by atoms with Gasteiger partial charge in [0.05, 0.1) is 0 Å². The molecule has 0 spiro atoms. The third-order valence-corrected chi connectivity index (χ3v) is 1.01. The molecule has 2 unspecified atom stereocenters. The van der Waals surface area contributed by atoms with Gasteiger partial charge in [0, 0.05) is 0 Å². The zero-order valence-corrected chi connectivity index (χ0v) is 9.08. The molecule has 14 heavy (non-hydrogen) atoms. The number of carboxylic acids is 2. The van der Waals surface area contributed by atoms with E-state index in [1.807, 2.05) is 0 Å². The first-order valence-corrected chi connectivity index (χ1v) is 2.89. The van der Waals surface area contributed by atoms with E-state index in [-0.39, 0.29) is 31.0 Å². The predicted molar refractivity (Wildman–Crippen MR) is 35.3 cm³/mol. The van der Waals surface area contributed by atoms with E-state index in [9.17, 15) is 14.4 Å². The van der Waals surface area contributed by atoms with E-state index in [2.05, 4.69) is 4.74 Å². The van der Waals surface area contributed by atoms with Crippen LogP contribution in [-0.4, -0.2) is 50.7 Å². The Kier molecular flexibility index (Phi) is 7.37. The van der Waals surface area contributed by atoms with Crippen LogP contribution in [-0.2, 0) is 14.3 Å². The van der Waals surface area contributed by atoms with Gasteiger partial charge in [-0.1, -0.05) is 0 Å². The maximum Gasteiger partial charge on any atom is 1.00 e. The Balaban J connectivity index is -0.000000720. The molecule has 2 atom stereocenters. The molecule has 0 aliphatic heterocycles. The van der Waals surface area contributed by atoms with Gasteiger partial charge in [0.25, 0.3) is 0 Å². The van der Waals surface area contributed by atoms with Crippen LogP contribution in [0.15, 0.2) is 0 Å². The van der Waals surface area contributed by atoms with Crippen molar-refractivity contribution in [3.8, 4) is 0 Å². The number of aliphatic carboxylic acids is 2. The Morgan fingerprint density at radius 3 is 1.71 bits per heavy atom. The van der Waals surface area contributed by atoms with Gasteiger partial charge in [-0.15, -0.1) is 0 Å². The van der Waals surface area contributed by atoms with Crippen molar-refractivity contribution >= 4 is 18.1 Å². The summed E-state index contributed by atoms with van der Waals surface area (Å²) in [5, 5.41) is 33.0. The molecule has 0 aliphatic carbocycles. The minimum Gasteiger partial charge on any atom is -1.00 e. The van der Waals surface area contributed by atoms with Crippen LogP contribution in [0.2, 0.25) is 0 Å². The van der Waals surface area contributed by atoms with Crippen molar-refractivity contribution in [1.29, 1.82) is 0 Å². The van der Waals surface area contributed by atoms with E-state index in [0.29, 0.717) is 0 Å². The van der Waals surface area contributed by atoms with E-state index < -0.39 is 30.3 Å². The normalized spacial score (nSPS) is 13.2. The molecule has 0 aliphatic rings. The number of carbonyl (C=O) groups is 3. The number of hydrogen-bond donors (Lipinski definition) is 4. The van der Waals surface area contributed by atoms with Gasteiger partial charge in [-0.2, -0.15) is 0 Å². The molecule has 0 saturated heterocycles. The van der Waals surface area contributed by atoms with Crippen molar-refractivity contribution in [3.63, 3.8) is 0 Å². The average Bonchev–Trinajstić information content (AvgIpc) is 1.97. The molecule has 0 amide bonds. The van der Waals surface area contributed by atoms with E-state index in [1.165, 1.54) is 0 Å². The fourth-order valence-electron chi connectivity index (χ4n) is 0.488. The molecule has 76 valence electrons. The minimum atomic E-state index is -2.42. The van der Waals surface area contributed by atoms with Crippen molar-refractivity contribution in [1.82, 2.24) is 0 Å². The zero-order chi connectivity index (χ0) is 10.6. The van der Waals surface area contributed by atoms with E-state index in [4.69, 9.17) is 20.4 Å². The van der Waals surface area contributed by atoms with Crippen LogP contribution in [0.1, 0.15) is 1.43 Å². The van der Waals surface area contributed by atoms with Crippen LogP contribution in [0, 0.1) is 0 Å². The van der Waals surface area contributed by atoms with Crippen LogP contribution in [0.4, 0.5) is 4.79 Å². The second-order valence-corrected chi connectivity index (χ2v) is 1.93. The standard InChI is InChI=1S/C5H6O8.Na.H/c6-1(3(7)8)2(4(9)10)13-5(11)12;;/h1-2,6H,(H,7,8)(H,9,10)(H,11,12);;/q;+1;-1. The predicted octanol–water partition coefficient (Wildman–Crippen LogP) is -4.30. The van der Waals surface area contributed by atoms with Crippen LogP contribution in [0.5, 0.6) is 0 Å². The summed E-state index contributed by atoms with van der Waals surface area (Å²) in [5.74, 6) is -3.76. The van der Waals surface area contributed by atoms with Gasteiger partial charge < -0.3 is 26.6 Å². The third kappa shape index (κ3) is 5.02. The molecule has 0 aromatic heterocycles. The van der Waals surface area contributed by atoms with Gasteiger partial charge >= 0.3 is 47.7 Å². The third-order valence-electron chi connectivity index (χ3n) is 1.01. The minimum absolute atomic E-state index is 0. The first-order chi connectivity index (χ1) is 5.86.